The van der Waals surface area contributed by atoms with E-state index in [2.05, 4.69) is 20.9 Å². The molecule has 1 heterocycles. The van der Waals surface area contributed by atoms with Gasteiger partial charge in [-0.3, -0.25) is 9.59 Å². The fraction of sp³-hybridized carbons (Fsp3) is 0.136. The Hall–Kier alpha value is -3.87. The van der Waals surface area contributed by atoms with E-state index >= 15 is 0 Å². The van der Waals surface area contributed by atoms with Crippen molar-refractivity contribution in [1.82, 2.24) is 4.98 Å². The van der Waals surface area contributed by atoms with E-state index in [1.807, 2.05) is 36.4 Å². The molecule has 29 heavy (non-hydrogen) atoms. The topological polar surface area (TPSA) is 92.4 Å². The van der Waals surface area contributed by atoms with E-state index in [9.17, 15) is 9.59 Å². The fourth-order valence-electron chi connectivity index (χ4n) is 2.66. The molecule has 7 nitrogen and oxygen atoms in total. The molecule has 0 bridgehead atoms. The largest absolute Gasteiger partial charge is 0.497 e. The van der Waals surface area contributed by atoms with Crippen molar-refractivity contribution >= 4 is 34.7 Å². The first-order chi connectivity index (χ1) is 14.0. The number of pyridine rings is 1. The molecule has 0 saturated heterocycles. The Morgan fingerprint density at radius 2 is 1.52 bits per heavy atom. The lowest BCUT2D eigenvalue weighted by Crippen LogP contribution is -2.14. The van der Waals surface area contributed by atoms with Crippen LogP contribution in [0.2, 0.25) is 0 Å². The molecule has 1 aromatic heterocycles. The summed E-state index contributed by atoms with van der Waals surface area (Å²) in [5, 5.41) is 8.72. The predicted octanol–water partition coefficient (Wildman–Crippen LogP) is 3.97. The van der Waals surface area contributed by atoms with Crippen molar-refractivity contribution in [2.24, 2.45) is 0 Å². The van der Waals surface area contributed by atoms with Gasteiger partial charge in [-0.1, -0.05) is 12.1 Å². The van der Waals surface area contributed by atoms with Crippen LogP contribution in [0.1, 0.15) is 12.5 Å². The van der Waals surface area contributed by atoms with Gasteiger partial charge in [-0.2, -0.15) is 0 Å². The second kappa shape index (κ2) is 9.36. The van der Waals surface area contributed by atoms with Crippen molar-refractivity contribution in [2.45, 2.75) is 13.3 Å². The third kappa shape index (κ3) is 6.07. The molecule has 2 aromatic carbocycles. The van der Waals surface area contributed by atoms with Gasteiger partial charge in [-0.25, -0.2) is 4.98 Å². The van der Waals surface area contributed by atoms with Crippen LogP contribution >= 0.6 is 0 Å². The molecule has 7 heteroatoms. The molecule has 0 aliphatic rings. The lowest BCUT2D eigenvalue weighted by molar-refractivity contribution is -0.116. The smallest absolute Gasteiger partial charge is 0.228 e. The van der Waals surface area contributed by atoms with E-state index in [0.29, 0.717) is 11.5 Å². The number of methoxy groups -OCH3 is 1. The third-order valence-electron chi connectivity index (χ3n) is 4.05. The van der Waals surface area contributed by atoms with Crippen molar-refractivity contribution < 1.29 is 14.3 Å². The number of aromatic nitrogens is 1. The molecule has 0 aliphatic carbocycles. The first-order valence-corrected chi connectivity index (χ1v) is 9.05. The van der Waals surface area contributed by atoms with Crippen LogP contribution in [0, 0.1) is 0 Å². The first kappa shape index (κ1) is 19.9. The van der Waals surface area contributed by atoms with E-state index in [1.54, 1.807) is 37.6 Å². The number of carbonyl (C=O) groups is 2. The van der Waals surface area contributed by atoms with E-state index in [1.165, 1.54) is 6.92 Å². The van der Waals surface area contributed by atoms with Gasteiger partial charge < -0.3 is 20.7 Å². The normalized spacial score (nSPS) is 10.1. The summed E-state index contributed by atoms with van der Waals surface area (Å²) in [4.78, 5) is 27.6. The highest BCUT2D eigenvalue weighted by molar-refractivity contribution is 5.92. The zero-order valence-electron chi connectivity index (χ0n) is 16.2. The van der Waals surface area contributed by atoms with Crippen LogP contribution < -0.4 is 20.7 Å². The number of rotatable bonds is 7. The number of anilines is 4. The minimum Gasteiger partial charge on any atom is -0.497 e. The highest BCUT2D eigenvalue weighted by Crippen LogP contribution is 2.19. The number of benzene rings is 2. The minimum absolute atomic E-state index is 0.114. The van der Waals surface area contributed by atoms with Crippen LogP contribution in [-0.2, 0) is 16.0 Å². The van der Waals surface area contributed by atoms with Gasteiger partial charge in [0.2, 0.25) is 11.8 Å². The van der Waals surface area contributed by atoms with Gasteiger partial charge in [0.1, 0.15) is 11.6 Å². The van der Waals surface area contributed by atoms with Gasteiger partial charge in [0.05, 0.1) is 25.4 Å². The number of hydrogen-bond donors (Lipinski definition) is 3. The van der Waals surface area contributed by atoms with Gasteiger partial charge in [0.15, 0.2) is 0 Å². The van der Waals surface area contributed by atoms with Crippen LogP contribution in [0.5, 0.6) is 5.75 Å². The van der Waals surface area contributed by atoms with Crippen molar-refractivity contribution in [3.05, 3.63) is 72.4 Å². The summed E-state index contributed by atoms with van der Waals surface area (Å²) in [7, 11) is 1.61. The minimum atomic E-state index is -0.119. The maximum Gasteiger partial charge on any atom is 0.228 e. The maximum atomic E-state index is 12.2. The number of nitrogens with zero attached hydrogens (tertiary/aromatic N) is 1. The molecular weight excluding hydrogens is 368 g/mol. The van der Waals surface area contributed by atoms with Crippen LogP contribution in [-0.4, -0.2) is 23.9 Å². The Morgan fingerprint density at radius 3 is 2.10 bits per heavy atom. The molecule has 148 valence electrons. The Bertz CT molecular complexity index is 968. The van der Waals surface area contributed by atoms with Crippen LogP contribution in [0.15, 0.2) is 66.9 Å². The lowest BCUT2D eigenvalue weighted by atomic mass is 10.1. The lowest BCUT2D eigenvalue weighted by Gasteiger charge is -2.09. The molecule has 0 fully saturated rings. The second-order valence-corrected chi connectivity index (χ2v) is 6.39. The molecule has 0 radical (unpaired) electrons. The molecule has 0 aliphatic heterocycles. The van der Waals surface area contributed by atoms with E-state index in [-0.39, 0.29) is 18.2 Å². The highest BCUT2D eigenvalue weighted by Gasteiger charge is 2.05. The Morgan fingerprint density at radius 1 is 0.862 bits per heavy atom. The number of hydrogen-bond acceptors (Lipinski definition) is 5. The monoisotopic (exact) mass is 390 g/mol. The Kier molecular flexibility index (Phi) is 6.42. The zero-order chi connectivity index (χ0) is 20.6. The quantitative estimate of drug-likeness (QED) is 0.568. The van der Waals surface area contributed by atoms with Crippen molar-refractivity contribution in [2.75, 3.05) is 23.1 Å². The maximum absolute atomic E-state index is 12.2. The van der Waals surface area contributed by atoms with Crippen molar-refractivity contribution in [3.8, 4) is 5.75 Å². The fourth-order valence-corrected chi connectivity index (χ4v) is 2.66. The van der Waals surface area contributed by atoms with Crippen molar-refractivity contribution in [3.63, 3.8) is 0 Å². The Balaban J connectivity index is 1.53. The molecule has 3 aromatic rings. The van der Waals surface area contributed by atoms with Gasteiger partial charge in [0, 0.05) is 18.3 Å². The molecular formula is C22H22N4O3. The summed E-state index contributed by atoms with van der Waals surface area (Å²) in [6.07, 6.45) is 1.87. The molecule has 0 unspecified atom stereocenters. The van der Waals surface area contributed by atoms with E-state index < -0.39 is 0 Å². The number of ether oxygens (including phenoxy) is 1. The first-order valence-electron chi connectivity index (χ1n) is 9.05. The SMILES string of the molecule is COc1ccc(CC(=O)Nc2ccc(Nc3ccc(NC(C)=O)cc3)nc2)cc1. The van der Waals surface area contributed by atoms with Gasteiger partial charge in [-0.15, -0.1) is 0 Å². The molecule has 3 rings (SSSR count). The summed E-state index contributed by atoms with van der Waals surface area (Å²) in [5.41, 5.74) is 3.08. The molecule has 3 N–H and O–H groups in total. The van der Waals surface area contributed by atoms with Crippen LogP contribution in [0.25, 0.3) is 0 Å². The molecule has 0 atom stereocenters. The Labute approximate surface area is 169 Å². The predicted molar refractivity (Wildman–Crippen MR) is 114 cm³/mol. The summed E-state index contributed by atoms with van der Waals surface area (Å²) in [6.45, 7) is 1.47. The van der Waals surface area contributed by atoms with Crippen molar-refractivity contribution in [1.29, 1.82) is 0 Å². The van der Waals surface area contributed by atoms with E-state index in [0.717, 1.165) is 22.7 Å². The standard InChI is InChI=1S/C22H22N4O3/c1-15(27)24-17-5-7-18(8-6-17)25-21-12-9-19(14-23-21)26-22(28)13-16-3-10-20(29-2)11-4-16/h3-12,14H,13H2,1-2H3,(H,23,25)(H,24,27)(H,26,28). The summed E-state index contributed by atoms with van der Waals surface area (Å²) in [5.74, 6) is 1.17. The molecule has 0 saturated carbocycles. The van der Waals surface area contributed by atoms with Gasteiger partial charge in [0.25, 0.3) is 0 Å². The average Bonchev–Trinajstić information content (AvgIpc) is 2.71. The second-order valence-electron chi connectivity index (χ2n) is 6.39. The van der Waals surface area contributed by atoms with Gasteiger partial charge in [-0.05, 0) is 54.1 Å². The molecule has 2 amide bonds. The van der Waals surface area contributed by atoms with E-state index in [4.69, 9.17) is 4.74 Å². The number of amides is 2. The number of carbonyl (C=O) groups excluding carboxylic acids is 2. The highest BCUT2D eigenvalue weighted by atomic mass is 16.5. The number of nitrogens with one attached hydrogen (secondary N) is 3. The summed E-state index contributed by atoms with van der Waals surface area (Å²) < 4.78 is 5.11. The summed E-state index contributed by atoms with van der Waals surface area (Å²) in [6, 6.07) is 18.2. The molecule has 0 spiro atoms. The zero-order valence-corrected chi connectivity index (χ0v) is 16.2. The average molecular weight is 390 g/mol. The third-order valence-corrected chi connectivity index (χ3v) is 4.05. The van der Waals surface area contributed by atoms with Crippen LogP contribution in [0.4, 0.5) is 22.9 Å². The van der Waals surface area contributed by atoms with Crippen LogP contribution in [0.3, 0.4) is 0 Å². The van der Waals surface area contributed by atoms with Gasteiger partial charge >= 0.3 is 0 Å². The summed E-state index contributed by atoms with van der Waals surface area (Å²) >= 11 is 0.